The van der Waals surface area contributed by atoms with Gasteiger partial charge in [-0.15, -0.1) is 0 Å². The molecular weight excluding hydrogens is 288 g/mol. The number of halogens is 1. The Morgan fingerprint density at radius 2 is 1.90 bits per heavy atom. The third-order valence-corrected chi connectivity index (χ3v) is 1.99. The third-order valence-electron chi connectivity index (χ3n) is 1.99. The molecule has 7 N–H and O–H groups in total. The first-order chi connectivity index (χ1) is 8.61. The number of ether oxygens (including phenoxy) is 1. The Hall–Kier alpha value is -1.70. The number of guanidine groups is 1. The Labute approximate surface area is 124 Å². The van der Waals surface area contributed by atoms with Gasteiger partial charge >= 0.3 is 18.0 Å². The Balaban J connectivity index is 0. The first kappa shape index (κ1) is 20.6. The topological polar surface area (TPSA) is 142 Å². The van der Waals surface area contributed by atoms with Gasteiger partial charge in [0.15, 0.2) is 0 Å². The first-order valence-corrected chi connectivity index (χ1v) is 5.96. The number of carboxylic acid groups (broad SMARTS) is 1. The van der Waals surface area contributed by atoms with Crippen molar-refractivity contribution in [1.29, 1.82) is 0 Å². The molecule has 20 heavy (non-hydrogen) atoms. The number of nitrogens with two attached hydrogens (primary N) is 2. The SMILES string of the molecule is CC(C)(C)OC(=O)N[C@@H](CCC[NH+]=C(N)N)C(=O)O.[Cl-]. The predicted octanol–water partition coefficient (Wildman–Crippen LogP) is -4.90. The average molecular weight is 311 g/mol. The van der Waals surface area contributed by atoms with Crippen LogP contribution in [-0.2, 0) is 9.53 Å². The van der Waals surface area contributed by atoms with Crippen molar-refractivity contribution in [3.63, 3.8) is 0 Å². The molecule has 0 fully saturated rings. The molecule has 1 atom stereocenters. The van der Waals surface area contributed by atoms with Gasteiger partial charge in [0.2, 0.25) is 0 Å². The largest absolute Gasteiger partial charge is 1.00 e. The monoisotopic (exact) mass is 310 g/mol. The predicted molar refractivity (Wildman–Crippen MR) is 69.2 cm³/mol. The van der Waals surface area contributed by atoms with Gasteiger partial charge < -0.3 is 27.6 Å². The van der Waals surface area contributed by atoms with Crippen molar-refractivity contribution < 1.29 is 36.8 Å². The van der Waals surface area contributed by atoms with Crippen molar-refractivity contribution in [3.05, 3.63) is 0 Å². The molecule has 0 unspecified atom stereocenters. The van der Waals surface area contributed by atoms with Crippen molar-refractivity contribution in [2.24, 2.45) is 11.5 Å². The fraction of sp³-hybridized carbons (Fsp3) is 0.727. The molecule has 9 heteroatoms. The second kappa shape index (κ2) is 9.24. The number of carboxylic acids is 1. The lowest BCUT2D eigenvalue weighted by Crippen LogP contribution is -3.00. The van der Waals surface area contributed by atoms with Gasteiger partial charge in [-0.2, -0.15) is 0 Å². The summed E-state index contributed by atoms with van der Waals surface area (Å²) in [6.07, 6.45) is -0.0164. The van der Waals surface area contributed by atoms with E-state index < -0.39 is 23.7 Å². The summed E-state index contributed by atoms with van der Waals surface area (Å²) >= 11 is 0. The van der Waals surface area contributed by atoms with Crippen LogP contribution in [0.3, 0.4) is 0 Å². The van der Waals surface area contributed by atoms with Crippen LogP contribution in [0.4, 0.5) is 4.79 Å². The molecule has 0 aliphatic rings. The summed E-state index contributed by atoms with van der Waals surface area (Å²) in [4.78, 5) is 25.1. The minimum atomic E-state index is -1.12. The summed E-state index contributed by atoms with van der Waals surface area (Å²) in [6.45, 7) is 5.53. The van der Waals surface area contributed by atoms with E-state index in [0.29, 0.717) is 13.0 Å². The second-order valence-corrected chi connectivity index (χ2v) is 5.06. The van der Waals surface area contributed by atoms with Gasteiger partial charge in [-0.3, -0.25) is 16.5 Å². The zero-order valence-corrected chi connectivity index (χ0v) is 12.7. The van der Waals surface area contributed by atoms with Crippen LogP contribution in [0.2, 0.25) is 0 Å². The zero-order chi connectivity index (χ0) is 15.1. The normalized spacial score (nSPS) is 11.8. The maximum atomic E-state index is 11.5. The highest BCUT2D eigenvalue weighted by Gasteiger charge is 2.23. The van der Waals surface area contributed by atoms with Crippen LogP contribution in [0, 0.1) is 0 Å². The van der Waals surface area contributed by atoms with E-state index in [1.54, 1.807) is 20.8 Å². The minimum absolute atomic E-state index is 0. The van der Waals surface area contributed by atoms with Gasteiger partial charge in [0.05, 0.1) is 6.54 Å². The molecule has 0 bridgehead atoms. The van der Waals surface area contributed by atoms with E-state index in [9.17, 15) is 9.59 Å². The van der Waals surface area contributed by atoms with Crippen LogP contribution in [0.25, 0.3) is 0 Å². The molecular formula is C11H23ClN4O4. The third kappa shape index (κ3) is 11.4. The molecule has 8 nitrogen and oxygen atoms in total. The van der Waals surface area contributed by atoms with Crippen molar-refractivity contribution in [2.75, 3.05) is 6.54 Å². The molecule has 0 aromatic rings. The van der Waals surface area contributed by atoms with Crippen LogP contribution in [-0.4, -0.2) is 41.3 Å². The van der Waals surface area contributed by atoms with Crippen LogP contribution < -0.4 is 34.2 Å². The van der Waals surface area contributed by atoms with E-state index in [2.05, 4.69) is 10.3 Å². The summed E-state index contributed by atoms with van der Waals surface area (Å²) in [5.41, 5.74) is 9.72. The van der Waals surface area contributed by atoms with E-state index in [0.717, 1.165) is 0 Å². The Morgan fingerprint density at radius 3 is 2.30 bits per heavy atom. The summed E-state index contributed by atoms with van der Waals surface area (Å²) in [5, 5.41) is 11.3. The number of hydrogen-bond donors (Lipinski definition) is 5. The number of amides is 1. The molecule has 0 rings (SSSR count). The number of alkyl carbamates (subject to hydrolysis) is 1. The van der Waals surface area contributed by atoms with Crippen LogP contribution >= 0.6 is 0 Å². The molecule has 118 valence electrons. The van der Waals surface area contributed by atoms with Crippen LogP contribution in [0.1, 0.15) is 33.6 Å². The van der Waals surface area contributed by atoms with Gasteiger partial charge in [0, 0.05) is 0 Å². The average Bonchev–Trinajstić information content (AvgIpc) is 2.19. The number of carbonyl (C=O) groups is 2. The number of aliphatic carboxylic acids is 1. The highest BCUT2D eigenvalue weighted by molar-refractivity contribution is 5.79. The molecule has 0 saturated carbocycles. The number of hydrogen-bond acceptors (Lipinski definition) is 3. The smallest absolute Gasteiger partial charge is 0.408 e. The molecule has 1 amide bonds. The quantitative estimate of drug-likeness (QED) is 0.189. The fourth-order valence-corrected chi connectivity index (χ4v) is 1.25. The lowest BCUT2D eigenvalue weighted by atomic mass is 10.1. The number of carbonyl (C=O) groups excluding carboxylic acids is 1. The fourth-order valence-electron chi connectivity index (χ4n) is 1.25. The van der Waals surface area contributed by atoms with Gasteiger partial charge in [0.1, 0.15) is 11.6 Å². The molecule has 0 saturated heterocycles. The molecule has 0 heterocycles. The minimum Gasteiger partial charge on any atom is -1.00 e. The van der Waals surface area contributed by atoms with E-state index in [1.165, 1.54) is 0 Å². The van der Waals surface area contributed by atoms with Crippen LogP contribution in [0.5, 0.6) is 0 Å². The van der Waals surface area contributed by atoms with Gasteiger partial charge in [-0.05, 0) is 33.6 Å². The lowest BCUT2D eigenvalue weighted by Gasteiger charge is -2.21. The summed E-state index contributed by atoms with van der Waals surface area (Å²) in [5.74, 6) is -1.04. The molecule has 0 aromatic heterocycles. The maximum Gasteiger partial charge on any atom is 0.408 e. The van der Waals surface area contributed by atoms with E-state index in [4.69, 9.17) is 21.3 Å². The van der Waals surface area contributed by atoms with E-state index in [-0.39, 0.29) is 24.8 Å². The summed E-state index contributed by atoms with van der Waals surface area (Å²) in [6, 6.07) is -1.00. The number of rotatable bonds is 6. The maximum absolute atomic E-state index is 11.5. The Kier molecular flexibility index (Phi) is 9.53. The first-order valence-electron chi connectivity index (χ1n) is 5.96. The lowest BCUT2D eigenvalue weighted by molar-refractivity contribution is -0.459. The van der Waals surface area contributed by atoms with Crippen LogP contribution in [0.15, 0.2) is 0 Å². The Morgan fingerprint density at radius 1 is 1.35 bits per heavy atom. The van der Waals surface area contributed by atoms with Crippen molar-refractivity contribution in [3.8, 4) is 0 Å². The molecule has 0 aliphatic heterocycles. The second-order valence-electron chi connectivity index (χ2n) is 5.06. The molecule has 0 aliphatic carbocycles. The van der Waals surface area contributed by atoms with Gasteiger partial charge in [0.25, 0.3) is 0 Å². The highest BCUT2D eigenvalue weighted by Crippen LogP contribution is 2.07. The van der Waals surface area contributed by atoms with Crippen molar-refractivity contribution >= 4 is 18.0 Å². The van der Waals surface area contributed by atoms with Crippen molar-refractivity contribution in [2.45, 2.75) is 45.3 Å². The summed E-state index contributed by atoms with van der Waals surface area (Å²) in [7, 11) is 0. The van der Waals surface area contributed by atoms with E-state index >= 15 is 0 Å². The standard InChI is InChI=1S/C11H22N4O4.ClH/c1-11(2,3)19-10(18)15-7(8(16)17)5-4-6-14-9(12)13;/h7H,4-6H2,1-3H3,(H,15,18)(H,16,17)(H4,12,13,14);1H/t7-;/m0./s1. The molecule has 0 aromatic carbocycles. The zero-order valence-electron chi connectivity index (χ0n) is 11.9. The molecule has 0 spiro atoms. The summed E-state index contributed by atoms with van der Waals surface area (Å²) < 4.78 is 4.99. The Bertz CT molecular complexity index is 351. The highest BCUT2D eigenvalue weighted by atomic mass is 35.5. The van der Waals surface area contributed by atoms with Gasteiger partial charge in [-0.1, -0.05) is 0 Å². The van der Waals surface area contributed by atoms with Gasteiger partial charge in [-0.25, -0.2) is 9.59 Å². The molecule has 0 radical (unpaired) electrons. The number of nitrogens with one attached hydrogen (secondary N) is 2. The van der Waals surface area contributed by atoms with E-state index in [1.807, 2.05) is 0 Å². The van der Waals surface area contributed by atoms with Crippen molar-refractivity contribution in [1.82, 2.24) is 5.32 Å².